The second kappa shape index (κ2) is 5.71. The first-order valence-corrected chi connectivity index (χ1v) is 6.44. The van der Waals surface area contributed by atoms with Gasteiger partial charge in [-0.25, -0.2) is 4.98 Å². The van der Waals surface area contributed by atoms with Gasteiger partial charge in [0.2, 0.25) is 0 Å². The minimum absolute atomic E-state index is 0.0203. The zero-order chi connectivity index (χ0) is 13.1. The van der Waals surface area contributed by atoms with Crippen LogP contribution in [0.15, 0.2) is 5.38 Å². The van der Waals surface area contributed by atoms with E-state index in [1.54, 1.807) is 0 Å². The van der Waals surface area contributed by atoms with Crippen molar-refractivity contribution in [3.05, 3.63) is 16.1 Å². The quantitative estimate of drug-likeness (QED) is 0.867. The molecule has 4 nitrogen and oxygen atoms in total. The molecule has 96 valence electrons. The molecule has 0 aliphatic heterocycles. The summed E-state index contributed by atoms with van der Waals surface area (Å²) in [6.07, 6.45) is 0.297. The van der Waals surface area contributed by atoms with Gasteiger partial charge >= 0.3 is 0 Å². The van der Waals surface area contributed by atoms with Crippen molar-refractivity contribution >= 4 is 17.1 Å². The molecule has 17 heavy (non-hydrogen) atoms. The summed E-state index contributed by atoms with van der Waals surface area (Å²) in [5.74, 6) is -0.0262. The molecule has 5 heteroatoms. The molecule has 0 saturated carbocycles. The highest BCUT2D eigenvalue weighted by molar-refractivity contribution is 7.09. The van der Waals surface area contributed by atoms with Crippen LogP contribution in [0.3, 0.4) is 0 Å². The summed E-state index contributed by atoms with van der Waals surface area (Å²) in [6, 6.07) is -0.554. The van der Waals surface area contributed by atoms with Gasteiger partial charge in [0.05, 0.1) is 24.8 Å². The normalized spacial score (nSPS) is 13.7. The number of ether oxygens (including phenoxy) is 1. The predicted octanol–water partition coefficient (Wildman–Crippen LogP) is 1.53. The molecule has 0 aromatic carbocycles. The number of thiazole rings is 1. The molecule has 0 radical (unpaired) electrons. The number of rotatable bonds is 5. The summed E-state index contributed by atoms with van der Waals surface area (Å²) in [7, 11) is 1.54. The van der Waals surface area contributed by atoms with Gasteiger partial charge in [-0.05, 0) is 0 Å². The predicted molar refractivity (Wildman–Crippen MR) is 69.4 cm³/mol. The van der Waals surface area contributed by atoms with E-state index >= 15 is 0 Å². The van der Waals surface area contributed by atoms with E-state index in [9.17, 15) is 4.79 Å². The average molecular weight is 256 g/mol. The van der Waals surface area contributed by atoms with Crippen LogP contribution in [0.25, 0.3) is 0 Å². The molecule has 0 amide bonds. The number of methoxy groups -OCH3 is 1. The maximum Gasteiger partial charge on any atom is 0.158 e. The highest BCUT2D eigenvalue weighted by Gasteiger charge is 2.20. The average Bonchev–Trinajstić information content (AvgIpc) is 2.66. The van der Waals surface area contributed by atoms with Crippen molar-refractivity contribution in [1.82, 2.24) is 4.98 Å². The van der Waals surface area contributed by atoms with Gasteiger partial charge in [-0.15, -0.1) is 11.3 Å². The second-order valence-electron chi connectivity index (χ2n) is 5.08. The van der Waals surface area contributed by atoms with Crippen molar-refractivity contribution in [3.63, 3.8) is 0 Å². The van der Waals surface area contributed by atoms with Crippen LogP contribution in [-0.2, 0) is 21.4 Å². The number of Topliss-reactive ketones (excluding diaryl/α,β-unsaturated/α-hetero) is 1. The fourth-order valence-electron chi connectivity index (χ4n) is 1.29. The van der Waals surface area contributed by atoms with Crippen molar-refractivity contribution in [3.8, 4) is 0 Å². The molecule has 1 heterocycles. The molecule has 0 saturated heterocycles. The largest absolute Gasteiger partial charge is 0.383 e. The Morgan fingerprint density at radius 2 is 2.24 bits per heavy atom. The molecule has 0 aliphatic rings. The van der Waals surface area contributed by atoms with Crippen LogP contribution in [0.5, 0.6) is 0 Å². The van der Waals surface area contributed by atoms with Crippen LogP contribution in [0.1, 0.15) is 31.5 Å². The van der Waals surface area contributed by atoms with E-state index in [0.29, 0.717) is 6.42 Å². The Hall–Kier alpha value is -0.780. The van der Waals surface area contributed by atoms with E-state index in [-0.39, 0.29) is 17.8 Å². The van der Waals surface area contributed by atoms with Crippen molar-refractivity contribution in [2.75, 3.05) is 13.7 Å². The second-order valence-corrected chi connectivity index (χ2v) is 6.02. The van der Waals surface area contributed by atoms with Crippen molar-refractivity contribution in [1.29, 1.82) is 0 Å². The fraction of sp³-hybridized carbons (Fsp3) is 0.667. The maximum atomic E-state index is 11.7. The van der Waals surface area contributed by atoms with Crippen LogP contribution >= 0.6 is 11.3 Å². The lowest BCUT2D eigenvalue weighted by Gasteiger charge is -2.14. The Labute approximate surface area is 106 Å². The van der Waals surface area contributed by atoms with E-state index in [2.05, 4.69) is 25.8 Å². The number of nitrogens with zero attached hydrogens (tertiary/aromatic N) is 1. The van der Waals surface area contributed by atoms with Crippen molar-refractivity contribution in [2.24, 2.45) is 5.73 Å². The molecule has 0 spiro atoms. The third-order valence-electron chi connectivity index (χ3n) is 2.41. The molecule has 1 aromatic heterocycles. The van der Waals surface area contributed by atoms with Gasteiger partial charge in [0, 0.05) is 17.9 Å². The summed E-state index contributed by atoms with van der Waals surface area (Å²) < 4.78 is 4.86. The molecule has 0 fully saturated rings. The summed E-state index contributed by atoms with van der Waals surface area (Å²) in [5, 5.41) is 2.83. The number of nitrogens with two attached hydrogens (primary N) is 1. The lowest BCUT2D eigenvalue weighted by Crippen LogP contribution is -2.35. The zero-order valence-electron chi connectivity index (χ0n) is 10.8. The molecule has 0 aliphatic carbocycles. The molecule has 2 N–H and O–H groups in total. The lowest BCUT2D eigenvalue weighted by molar-refractivity contribution is -0.120. The Balaban J connectivity index is 2.64. The molecular weight excluding hydrogens is 236 g/mol. The topological polar surface area (TPSA) is 65.2 Å². The molecule has 0 bridgehead atoms. The maximum absolute atomic E-state index is 11.7. The van der Waals surface area contributed by atoms with Crippen molar-refractivity contribution < 1.29 is 9.53 Å². The number of ketones is 1. The summed E-state index contributed by atoms with van der Waals surface area (Å²) in [6.45, 7) is 6.56. The van der Waals surface area contributed by atoms with E-state index in [4.69, 9.17) is 10.5 Å². The van der Waals surface area contributed by atoms with E-state index < -0.39 is 6.04 Å². The number of aromatic nitrogens is 1. The Bertz CT molecular complexity index is 382. The molecule has 1 atom stereocenters. The van der Waals surface area contributed by atoms with Gasteiger partial charge in [0.1, 0.15) is 5.01 Å². The van der Waals surface area contributed by atoms with Gasteiger partial charge in [-0.1, -0.05) is 20.8 Å². The smallest absolute Gasteiger partial charge is 0.158 e. The van der Waals surface area contributed by atoms with Crippen LogP contribution in [0.4, 0.5) is 0 Å². The first-order valence-electron chi connectivity index (χ1n) is 5.56. The summed E-state index contributed by atoms with van der Waals surface area (Å²) in [4.78, 5) is 16.2. The van der Waals surface area contributed by atoms with Crippen LogP contribution in [0.2, 0.25) is 0 Å². The van der Waals surface area contributed by atoms with Gasteiger partial charge in [0.25, 0.3) is 0 Å². The van der Waals surface area contributed by atoms with Crippen LogP contribution in [-0.4, -0.2) is 30.5 Å². The minimum Gasteiger partial charge on any atom is -0.383 e. The lowest BCUT2D eigenvalue weighted by atomic mass is 9.93. The fourth-order valence-corrected chi connectivity index (χ4v) is 2.32. The first-order chi connectivity index (χ1) is 7.84. The number of hydrogen-bond donors (Lipinski definition) is 1. The molecular formula is C12H20N2O2S. The van der Waals surface area contributed by atoms with Gasteiger partial charge in [-0.2, -0.15) is 0 Å². The first kappa shape index (κ1) is 14.3. The molecule has 1 rings (SSSR count). The standard InChI is InChI=1S/C12H20N2O2S/c1-12(2,3)10-7-17-11(14-10)5-9(15)8(13)6-16-4/h7-8H,5-6,13H2,1-4H3. The summed E-state index contributed by atoms with van der Waals surface area (Å²) >= 11 is 1.51. The van der Waals surface area contributed by atoms with Crippen molar-refractivity contribution in [2.45, 2.75) is 38.6 Å². The Morgan fingerprint density at radius 3 is 2.71 bits per heavy atom. The Kier molecular flexibility index (Phi) is 4.80. The van der Waals surface area contributed by atoms with Crippen LogP contribution in [0, 0.1) is 0 Å². The van der Waals surface area contributed by atoms with Gasteiger partial charge in [0.15, 0.2) is 5.78 Å². The van der Waals surface area contributed by atoms with Gasteiger partial charge in [-0.3, -0.25) is 4.79 Å². The summed E-state index contributed by atoms with van der Waals surface area (Å²) in [5.41, 5.74) is 6.71. The van der Waals surface area contributed by atoms with E-state index in [1.165, 1.54) is 18.4 Å². The number of carbonyl (C=O) groups excluding carboxylic acids is 1. The SMILES string of the molecule is COCC(N)C(=O)Cc1nc(C(C)(C)C)cs1. The number of carbonyl (C=O) groups is 1. The van der Waals surface area contributed by atoms with Crippen LogP contribution < -0.4 is 5.73 Å². The Morgan fingerprint density at radius 1 is 1.59 bits per heavy atom. The highest BCUT2D eigenvalue weighted by Crippen LogP contribution is 2.24. The zero-order valence-corrected chi connectivity index (χ0v) is 11.6. The number of hydrogen-bond acceptors (Lipinski definition) is 5. The third-order valence-corrected chi connectivity index (χ3v) is 3.25. The molecule has 1 unspecified atom stereocenters. The highest BCUT2D eigenvalue weighted by atomic mass is 32.1. The monoisotopic (exact) mass is 256 g/mol. The molecule has 1 aromatic rings. The van der Waals surface area contributed by atoms with E-state index in [1.807, 2.05) is 5.38 Å². The third kappa shape index (κ3) is 4.18. The van der Waals surface area contributed by atoms with Gasteiger partial charge < -0.3 is 10.5 Å². The van der Waals surface area contributed by atoms with E-state index in [0.717, 1.165) is 10.7 Å². The minimum atomic E-state index is -0.554.